The van der Waals surface area contributed by atoms with Crippen LogP contribution in [0.25, 0.3) is 0 Å². The average molecular weight is 372 g/mol. The lowest BCUT2D eigenvalue weighted by molar-refractivity contribution is 0.0771. The lowest BCUT2D eigenvalue weighted by Gasteiger charge is -2.17. The van der Waals surface area contributed by atoms with Crippen molar-refractivity contribution in [3.8, 4) is 11.9 Å². The van der Waals surface area contributed by atoms with E-state index in [-0.39, 0.29) is 12.0 Å². The Hall–Kier alpha value is -2.39. The molecule has 1 aromatic carbocycles. The summed E-state index contributed by atoms with van der Waals surface area (Å²) in [5.74, 6) is 0.523. The minimum atomic E-state index is -0.0500. The molecule has 5 nitrogen and oxygen atoms in total. The topological polar surface area (TPSA) is 66.2 Å². The molecule has 0 spiro atoms. The zero-order chi connectivity index (χ0) is 16.2. The van der Waals surface area contributed by atoms with Gasteiger partial charge in [0.05, 0.1) is 18.2 Å². The molecule has 0 radical (unpaired) electrons. The van der Waals surface area contributed by atoms with Gasteiger partial charge in [-0.3, -0.25) is 4.79 Å². The van der Waals surface area contributed by atoms with Crippen molar-refractivity contribution in [1.82, 2.24) is 9.88 Å². The number of hydrogen-bond acceptors (Lipinski definition) is 4. The Labute approximate surface area is 142 Å². The number of rotatable bonds is 3. The first kappa shape index (κ1) is 15.5. The summed E-state index contributed by atoms with van der Waals surface area (Å²) in [5.41, 5.74) is 1.14. The summed E-state index contributed by atoms with van der Waals surface area (Å²) in [6, 6.07) is 12.4. The van der Waals surface area contributed by atoms with Gasteiger partial charge in [-0.15, -0.1) is 0 Å². The van der Waals surface area contributed by atoms with Crippen LogP contribution in [0.3, 0.4) is 0 Å². The van der Waals surface area contributed by atoms with E-state index in [2.05, 4.69) is 20.9 Å². The van der Waals surface area contributed by atoms with Crippen LogP contribution in [0.4, 0.5) is 0 Å². The van der Waals surface area contributed by atoms with Gasteiger partial charge in [0.1, 0.15) is 6.10 Å². The molecular formula is C17H14BrN3O2. The quantitative estimate of drug-likeness (QED) is 0.831. The third-order valence-electron chi connectivity index (χ3n) is 3.68. The third kappa shape index (κ3) is 3.69. The maximum atomic E-state index is 12.5. The number of carbonyl (C=O) groups is 1. The third-order valence-corrected chi connectivity index (χ3v) is 4.15. The number of ether oxygens (including phenoxy) is 1. The van der Waals surface area contributed by atoms with E-state index in [9.17, 15) is 4.79 Å². The summed E-state index contributed by atoms with van der Waals surface area (Å²) in [4.78, 5) is 18.4. The van der Waals surface area contributed by atoms with Crippen LogP contribution in [-0.4, -0.2) is 35.0 Å². The summed E-state index contributed by atoms with van der Waals surface area (Å²) in [7, 11) is 0. The highest BCUT2D eigenvalue weighted by Gasteiger charge is 2.28. The molecule has 116 valence electrons. The summed E-state index contributed by atoms with van der Waals surface area (Å²) in [5, 5.41) is 8.80. The van der Waals surface area contributed by atoms with E-state index in [4.69, 9.17) is 10.00 Å². The number of likely N-dealkylation sites (tertiary alicyclic amines) is 1. The van der Waals surface area contributed by atoms with E-state index in [0.29, 0.717) is 30.1 Å². The van der Waals surface area contributed by atoms with E-state index >= 15 is 0 Å². The molecule has 0 aliphatic carbocycles. The minimum absolute atomic E-state index is 0.0376. The predicted molar refractivity (Wildman–Crippen MR) is 88.0 cm³/mol. The number of halogens is 1. The molecule has 23 heavy (non-hydrogen) atoms. The molecule has 0 saturated carbocycles. The monoisotopic (exact) mass is 371 g/mol. The van der Waals surface area contributed by atoms with Gasteiger partial charge in [0.25, 0.3) is 5.91 Å². The Morgan fingerprint density at radius 1 is 1.30 bits per heavy atom. The van der Waals surface area contributed by atoms with Crippen molar-refractivity contribution in [3.63, 3.8) is 0 Å². The smallest absolute Gasteiger partial charge is 0.253 e. The number of nitrogens with zero attached hydrogens (tertiary/aromatic N) is 3. The molecular weight excluding hydrogens is 358 g/mol. The van der Waals surface area contributed by atoms with E-state index < -0.39 is 0 Å². The highest BCUT2D eigenvalue weighted by molar-refractivity contribution is 9.10. The van der Waals surface area contributed by atoms with Crippen molar-refractivity contribution < 1.29 is 9.53 Å². The van der Waals surface area contributed by atoms with Gasteiger partial charge in [-0.2, -0.15) is 5.26 Å². The number of pyridine rings is 1. The maximum Gasteiger partial charge on any atom is 0.253 e. The molecule has 1 unspecified atom stereocenters. The molecule has 2 heterocycles. The lowest BCUT2D eigenvalue weighted by atomic mass is 10.1. The van der Waals surface area contributed by atoms with Crippen molar-refractivity contribution >= 4 is 21.8 Å². The van der Waals surface area contributed by atoms with Crippen molar-refractivity contribution in [3.05, 3.63) is 58.2 Å². The van der Waals surface area contributed by atoms with Gasteiger partial charge < -0.3 is 9.64 Å². The molecule has 1 amide bonds. The van der Waals surface area contributed by atoms with Gasteiger partial charge >= 0.3 is 0 Å². The molecule has 1 aromatic heterocycles. The van der Waals surface area contributed by atoms with Gasteiger partial charge in [-0.1, -0.05) is 0 Å². The fourth-order valence-corrected chi connectivity index (χ4v) is 2.72. The molecule has 1 fully saturated rings. The van der Waals surface area contributed by atoms with E-state index in [1.807, 2.05) is 12.1 Å². The Kier molecular flexibility index (Phi) is 4.58. The van der Waals surface area contributed by atoms with Gasteiger partial charge in [0.15, 0.2) is 0 Å². The first-order valence-electron chi connectivity index (χ1n) is 7.23. The van der Waals surface area contributed by atoms with Crippen molar-refractivity contribution in [2.75, 3.05) is 13.1 Å². The average Bonchev–Trinajstić information content (AvgIpc) is 3.05. The van der Waals surface area contributed by atoms with E-state index in [0.717, 1.165) is 10.9 Å². The number of amides is 1. The largest absolute Gasteiger partial charge is 0.472 e. The van der Waals surface area contributed by atoms with E-state index in [1.165, 1.54) is 0 Å². The van der Waals surface area contributed by atoms with Crippen LogP contribution in [0.2, 0.25) is 0 Å². The van der Waals surface area contributed by atoms with Crippen molar-refractivity contribution in [2.24, 2.45) is 0 Å². The fourth-order valence-electron chi connectivity index (χ4n) is 2.48. The number of aromatic nitrogens is 1. The van der Waals surface area contributed by atoms with Gasteiger partial charge in [0, 0.05) is 35.3 Å². The Balaban J connectivity index is 1.61. The molecule has 1 aliphatic rings. The first-order valence-corrected chi connectivity index (χ1v) is 8.02. The second kappa shape index (κ2) is 6.80. The molecule has 1 saturated heterocycles. The van der Waals surface area contributed by atoms with Crippen molar-refractivity contribution in [1.29, 1.82) is 5.26 Å². The molecule has 6 heteroatoms. The van der Waals surface area contributed by atoms with E-state index in [1.54, 1.807) is 41.4 Å². The van der Waals surface area contributed by atoms with Crippen LogP contribution in [0.5, 0.6) is 5.88 Å². The summed E-state index contributed by atoms with van der Waals surface area (Å²) in [6.45, 7) is 1.19. The predicted octanol–water partition coefficient (Wildman–Crippen LogP) is 3.01. The number of carbonyl (C=O) groups excluding carboxylic acids is 1. The van der Waals surface area contributed by atoms with Gasteiger partial charge in [0.2, 0.25) is 5.88 Å². The zero-order valence-electron chi connectivity index (χ0n) is 12.3. The molecule has 2 aromatic rings. The fraction of sp³-hybridized carbons (Fsp3) is 0.235. The number of nitriles is 1. The van der Waals surface area contributed by atoms with Crippen molar-refractivity contribution in [2.45, 2.75) is 12.5 Å². The second-order valence-electron chi connectivity index (χ2n) is 5.28. The highest BCUT2D eigenvalue weighted by Crippen LogP contribution is 2.20. The summed E-state index contributed by atoms with van der Waals surface area (Å²) >= 11 is 3.33. The SMILES string of the molecule is N#Cc1ccc(C(=O)N2CCC(Oc3ccc(Br)cn3)C2)cc1. The molecule has 0 N–H and O–H groups in total. The van der Waals surface area contributed by atoms with Crippen LogP contribution in [-0.2, 0) is 0 Å². The van der Waals surface area contributed by atoms with Crippen LogP contribution in [0, 0.1) is 11.3 Å². The van der Waals surface area contributed by atoms with Gasteiger partial charge in [-0.25, -0.2) is 4.98 Å². The van der Waals surface area contributed by atoms with Crippen LogP contribution < -0.4 is 4.74 Å². The Bertz CT molecular complexity index is 738. The van der Waals surface area contributed by atoms with Crippen LogP contribution in [0.1, 0.15) is 22.3 Å². The molecule has 1 aliphatic heterocycles. The number of hydrogen-bond donors (Lipinski definition) is 0. The van der Waals surface area contributed by atoms with Crippen LogP contribution in [0.15, 0.2) is 47.1 Å². The summed E-state index contributed by atoms with van der Waals surface area (Å²) < 4.78 is 6.71. The minimum Gasteiger partial charge on any atom is -0.472 e. The first-order chi connectivity index (χ1) is 11.2. The molecule has 0 bridgehead atoms. The number of benzene rings is 1. The highest BCUT2D eigenvalue weighted by atomic mass is 79.9. The maximum absolute atomic E-state index is 12.5. The van der Waals surface area contributed by atoms with Crippen LogP contribution >= 0.6 is 15.9 Å². The van der Waals surface area contributed by atoms with Gasteiger partial charge in [-0.05, 0) is 46.3 Å². The normalized spacial score (nSPS) is 16.9. The zero-order valence-corrected chi connectivity index (χ0v) is 13.9. The lowest BCUT2D eigenvalue weighted by Crippen LogP contribution is -2.31. The Morgan fingerprint density at radius 2 is 2.09 bits per heavy atom. The summed E-state index contributed by atoms with van der Waals surface area (Å²) in [6.07, 6.45) is 2.41. The Morgan fingerprint density at radius 3 is 2.74 bits per heavy atom. The second-order valence-corrected chi connectivity index (χ2v) is 6.20. The molecule has 1 atom stereocenters. The standard InChI is InChI=1S/C17H14BrN3O2/c18-14-5-6-16(20-10-14)23-15-7-8-21(11-15)17(22)13-3-1-12(9-19)2-4-13/h1-6,10,15H,7-8,11H2. The molecule has 3 rings (SSSR count).